The predicted molar refractivity (Wildman–Crippen MR) is 268 cm³/mol. The summed E-state index contributed by atoms with van der Waals surface area (Å²) in [6, 6.07) is -1.13. The molecule has 0 aromatic carbocycles. The Hall–Kier alpha value is -3.30. The molecule has 0 radical (unpaired) electrons. The summed E-state index contributed by atoms with van der Waals surface area (Å²) >= 11 is 0. The zero-order chi connectivity index (χ0) is 54.7. The Morgan fingerprint density at radius 2 is 1.28 bits per heavy atom. The number of aliphatic hydroxyl groups is 10. The molecule has 4 heterocycles. The normalized spacial score (nSPS) is 45.4. The smallest absolute Gasteiger partial charge is 0.308 e. The van der Waals surface area contributed by atoms with Gasteiger partial charge in [-0.2, -0.15) is 0 Å². The molecule has 14 N–H and O–H groups in total. The average Bonchev–Trinajstić information content (AvgIpc) is 3.32. The van der Waals surface area contributed by atoms with E-state index < -0.39 is 159 Å². The second-order valence-corrected chi connectivity index (χ2v) is 20.5. The van der Waals surface area contributed by atoms with E-state index in [0.717, 1.165) is 12.8 Å². The molecule has 21 nitrogen and oxygen atoms in total. The second-order valence-electron chi connectivity index (χ2n) is 20.5. The van der Waals surface area contributed by atoms with E-state index in [9.17, 15) is 65.9 Å². The second kappa shape index (κ2) is 31.2. The first-order valence-electron chi connectivity index (χ1n) is 26.1. The maximum atomic E-state index is 13.1. The quantitative estimate of drug-likeness (QED) is 0.105. The number of ether oxygens (including phenoxy) is 6. The number of amides is 1. The minimum absolute atomic E-state index is 0.0330. The van der Waals surface area contributed by atoms with Crippen LogP contribution < -0.4 is 11.2 Å². The summed E-state index contributed by atoms with van der Waals surface area (Å²) in [5.74, 6) is -6.02. The standard InChI is InChI=1S/C53H86N2O19/c1-30-19-16-14-12-10-8-6-7-9-11-13-15-17-22-39(72-52-49(65)46(54)48(64)34(5)71-52)26-42-45(51(66)55-68)41(61)29-53(67,74-42)28-36(57)21-18-20-35(56)23-37(58)24-38(59)25-43(62)69-32(3)31(2)50(30)73-44-27-40(60)47(63)33(4)70-44/h6-7,9,11-17,19,22,30-42,44-50,52,56-61,63-65,67-68H,8,10,18,20-21,23-29,54H2,1-5H3,(H,55,66)/b7-6+,11-9+,14-12+,15-13+,19-16+,22-17+/t30-,31-,32-,33-,34+,35+,36-,37+,38+,39-,40+,41-,42-,44?,45+,46-,47-,48+,49-,50+,52-,53+/m0/s1. The number of hydrogen-bond acceptors (Lipinski definition) is 20. The zero-order valence-corrected chi connectivity index (χ0v) is 43.3. The molecule has 0 aromatic heterocycles. The van der Waals surface area contributed by atoms with E-state index in [4.69, 9.17) is 34.2 Å². The van der Waals surface area contributed by atoms with Crippen molar-refractivity contribution < 1.29 is 94.3 Å². The van der Waals surface area contributed by atoms with Gasteiger partial charge in [-0.05, 0) is 65.7 Å². The van der Waals surface area contributed by atoms with Crippen LogP contribution in [0.2, 0.25) is 0 Å². The van der Waals surface area contributed by atoms with Gasteiger partial charge in [0.2, 0.25) is 0 Å². The molecule has 0 aromatic rings. The molecular formula is C53H86N2O19. The fraction of sp³-hybridized carbons (Fsp3) is 0.736. The van der Waals surface area contributed by atoms with Crippen LogP contribution in [-0.4, -0.2) is 184 Å². The van der Waals surface area contributed by atoms with Crippen molar-refractivity contribution in [3.63, 3.8) is 0 Å². The van der Waals surface area contributed by atoms with Gasteiger partial charge in [-0.15, -0.1) is 0 Å². The van der Waals surface area contributed by atoms with Crippen LogP contribution in [0, 0.1) is 17.8 Å². The highest BCUT2D eigenvalue weighted by Crippen LogP contribution is 2.38. The van der Waals surface area contributed by atoms with Crippen molar-refractivity contribution in [1.29, 1.82) is 0 Å². The SMILES string of the molecule is C[C@@H]1[C@H](OC2C[C@@H](O)[C@@H](O)[C@H](C)O2)[C@@H](C)/C=C/C=C/CC/C=C/C=C/C=C/C=C/[C@H](O[C@@H]2O[C@H](C)[C@@H](O)[C@H](N)[C@@H]2O)C[C@@H]2O[C@](O)(C[C@@H](O)CCC[C@@H](O)C[C@@H](O)C[C@@H](O)CC(=O)O[C@H]1C)C[C@H](O)[C@H]2C(=O)NO. The Kier molecular flexibility index (Phi) is 26.7. The topological polar surface area (TPSA) is 350 Å². The maximum Gasteiger partial charge on any atom is 0.308 e. The lowest BCUT2D eigenvalue weighted by atomic mass is 9.82. The number of carbonyl (C=O) groups is 2. The summed E-state index contributed by atoms with van der Waals surface area (Å²) in [5, 5.41) is 118. The van der Waals surface area contributed by atoms with Gasteiger partial charge in [0.15, 0.2) is 18.4 Å². The number of rotatable bonds is 5. The molecule has 1 unspecified atom stereocenters. The van der Waals surface area contributed by atoms with E-state index in [1.54, 1.807) is 51.2 Å². The third-order valence-electron chi connectivity index (χ3n) is 14.2. The van der Waals surface area contributed by atoms with Gasteiger partial charge in [0, 0.05) is 37.5 Å². The number of hydroxylamine groups is 1. The minimum Gasteiger partial charge on any atom is -0.462 e. The van der Waals surface area contributed by atoms with Crippen molar-refractivity contribution in [1.82, 2.24) is 5.48 Å². The molecule has 22 atom stereocenters. The molecule has 4 aliphatic rings. The Balaban J connectivity index is 1.54. The average molecular weight is 1060 g/mol. The molecule has 422 valence electrons. The molecule has 1 amide bonds. The Bertz CT molecular complexity index is 1860. The van der Waals surface area contributed by atoms with Crippen molar-refractivity contribution in [3.05, 3.63) is 72.9 Å². The van der Waals surface area contributed by atoms with Crippen molar-refractivity contribution >= 4 is 11.9 Å². The van der Waals surface area contributed by atoms with Crippen LogP contribution in [0.4, 0.5) is 0 Å². The van der Waals surface area contributed by atoms with Crippen LogP contribution in [0.25, 0.3) is 0 Å². The fourth-order valence-electron chi connectivity index (χ4n) is 9.77. The molecule has 3 fully saturated rings. The van der Waals surface area contributed by atoms with E-state index in [1.165, 1.54) is 5.48 Å². The lowest BCUT2D eigenvalue weighted by Crippen LogP contribution is -2.62. The third-order valence-corrected chi connectivity index (χ3v) is 14.2. The van der Waals surface area contributed by atoms with E-state index >= 15 is 0 Å². The van der Waals surface area contributed by atoms with E-state index in [1.807, 2.05) is 56.4 Å². The monoisotopic (exact) mass is 1050 g/mol. The number of aliphatic hydroxyl groups excluding tert-OH is 9. The minimum atomic E-state index is -2.19. The van der Waals surface area contributed by atoms with E-state index in [-0.39, 0.29) is 50.9 Å². The molecule has 4 aliphatic heterocycles. The van der Waals surface area contributed by atoms with Crippen LogP contribution in [0.3, 0.4) is 0 Å². The Morgan fingerprint density at radius 3 is 1.96 bits per heavy atom. The molecule has 4 rings (SSSR count). The van der Waals surface area contributed by atoms with Crippen LogP contribution in [0.5, 0.6) is 0 Å². The highest BCUT2D eigenvalue weighted by Gasteiger charge is 2.51. The lowest BCUT2D eigenvalue weighted by Gasteiger charge is -2.45. The summed E-state index contributed by atoms with van der Waals surface area (Å²) in [7, 11) is 0. The zero-order valence-electron chi connectivity index (χ0n) is 43.3. The number of fused-ring (bicyclic) bond motifs is 2. The number of esters is 1. The molecule has 3 saturated heterocycles. The van der Waals surface area contributed by atoms with Gasteiger partial charge in [0.1, 0.15) is 18.3 Å². The van der Waals surface area contributed by atoms with Gasteiger partial charge in [0.05, 0.1) is 91.6 Å². The maximum absolute atomic E-state index is 13.1. The van der Waals surface area contributed by atoms with Crippen molar-refractivity contribution in [2.24, 2.45) is 23.5 Å². The number of cyclic esters (lactones) is 1. The number of nitrogens with two attached hydrogens (primary N) is 1. The first-order chi connectivity index (χ1) is 35.0. The summed E-state index contributed by atoms with van der Waals surface area (Å²) in [6.45, 7) is 8.69. The highest BCUT2D eigenvalue weighted by molar-refractivity contribution is 5.78. The molecule has 2 bridgehead atoms. The first-order valence-corrected chi connectivity index (χ1v) is 26.1. The van der Waals surface area contributed by atoms with Crippen molar-refractivity contribution in [2.75, 3.05) is 0 Å². The molecule has 74 heavy (non-hydrogen) atoms. The molecule has 0 aliphatic carbocycles. The van der Waals surface area contributed by atoms with Crippen molar-refractivity contribution in [2.45, 2.75) is 228 Å². The largest absolute Gasteiger partial charge is 0.462 e. The van der Waals surface area contributed by atoms with Gasteiger partial charge in [0.25, 0.3) is 5.91 Å². The fourth-order valence-corrected chi connectivity index (χ4v) is 9.77. The van der Waals surface area contributed by atoms with E-state index in [2.05, 4.69) is 0 Å². The van der Waals surface area contributed by atoms with Crippen LogP contribution in [-0.2, 0) is 38.0 Å². The summed E-state index contributed by atoms with van der Waals surface area (Å²) in [4.78, 5) is 26.1. The van der Waals surface area contributed by atoms with E-state index in [0.29, 0.717) is 0 Å². The summed E-state index contributed by atoms with van der Waals surface area (Å²) in [5.41, 5.74) is 7.60. The summed E-state index contributed by atoms with van der Waals surface area (Å²) in [6.07, 6.45) is 2.97. The van der Waals surface area contributed by atoms with Crippen LogP contribution in [0.1, 0.15) is 112 Å². The number of carbonyl (C=O) groups excluding carboxylic acids is 2. The van der Waals surface area contributed by atoms with Gasteiger partial charge in [-0.3, -0.25) is 14.8 Å². The highest BCUT2D eigenvalue weighted by atomic mass is 16.7. The van der Waals surface area contributed by atoms with Gasteiger partial charge in [-0.25, -0.2) is 5.48 Å². The Labute approximate surface area is 434 Å². The number of allylic oxidation sites excluding steroid dienone is 10. The van der Waals surface area contributed by atoms with Crippen molar-refractivity contribution in [3.8, 4) is 0 Å². The van der Waals surface area contributed by atoms with Gasteiger partial charge in [-0.1, -0.05) is 86.8 Å². The molecule has 21 heteroatoms. The van der Waals surface area contributed by atoms with Gasteiger partial charge >= 0.3 is 5.97 Å². The Morgan fingerprint density at radius 1 is 0.676 bits per heavy atom. The van der Waals surface area contributed by atoms with Crippen LogP contribution in [0.15, 0.2) is 72.9 Å². The summed E-state index contributed by atoms with van der Waals surface area (Å²) < 4.78 is 36.0. The number of nitrogens with one attached hydrogen (secondary N) is 1. The predicted octanol–water partition coefficient (Wildman–Crippen LogP) is 1.27. The van der Waals surface area contributed by atoms with Gasteiger partial charge < -0.3 is 85.2 Å². The molecule has 0 saturated carbocycles. The molecule has 0 spiro atoms. The number of hydrogen-bond donors (Lipinski definition) is 13. The first kappa shape index (κ1) is 63.2. The lowest BCUT2D eigenvalue weighted by molar-refractivity contribution is -0.307. The third kappa shape index (κ3) is 20.2. The van der Waals surface area contributed by atoms with Crippen LogP contribution >= 0.6 is 0 Å². The molecular weight excluding hydrogens is 969 g/mol.